The molecule has 1 aromatic heterocycles. The van der Waals surface area contributed by atoms with Gasteiger partial charge in [0.2, 0.25) is 0 Å². The lowest BCUT2D eigenvalue weighted by molar-refractivity contribution is 0.119. The summed E-state index contributed by atoms with van der Waals surface area (Å²) < 4.78 is 0. The maximum absolute atomic E-state index is 8.19. The smallest absolute Gasteiger partial charge is 0.156 e. The largest absolute Gasteiger partial charge is 0.362 e. The molecule has 7 heteroatoms. The predicted molar refractivity (Wildman–Crippen MR) is 147 cm³/mol. The molecule has 0 spiro atoms. The van der Waals surface area contributed by atoms with Gasteiger partial charge in [-0.25, -0.2) is 9.97 Å². The average Bonchev–Trinajstić information content (AvgIpc) is 2.78. The van der Waals surface area contributed by atoms with Crippen molar-refractivity contribution in [1.29, 1.82) is 5.41 Å². The molecule has 2 saturated heterocycles. The minimum Gasteiger partial charge on any atom is -0.362 e. The van der Waals surface area contributed by atoms with Crippen LogP contribution in [0.25, 0.3) is 0 Å². The molecule has 6 nitrogen and oxygen atoms in total. The standard InChI is InChI=1S/C28H39ClN6/c1-5-6-7-12-34-13-8-9-22(16-34)23-17-35(18-23)26-15-31-27(20(3)30)28(33-26)32-21(4)25-11-10-24(29)14-19(25)2/h5,10-11,14-15,21-23,30H,1,6-9,12-13,16-18H2,2-4H3,(H,32,33). The van der Waals surface area contributed by atoms with E-state index in [4.69, 9.17) is 22.0 Å². The number of halogens is 1. The molecule has 2 aromatic rings. The minimum atomic E-state index is 0.0216. The summed E-state index contributed by atoms with van der Waals surface area (Å²) in [5.74, 6) is 3.05. The first-order valence-electron chi connectivity index (χ1n) is 12.9. The number of nitrogens with one attached hydrogen (secondary N) is 2. The highest BCUT2D eigenvalue weighted by Gasteiger charge is 2.36. The van der Waals surface area contributed by atoms with Gasteiger partial charge in [-0.15, -0.1) is 6.58 Å². The van der Waals surface area contributed by atoms with Crippen molar-refractivity contribution < 1.29 is 0 Å². The zero-order valence-electron chi connectivity index (χ0n) is 21.4. The number of piperidine rings is 1. The molecule has 2 aliphatic heterocycles. The van der Waals surface area contributed by atoms with Crippen LogP contribution in [-0.2, 0) is 0 Å². The maximum atomic E-state index is 8.19. The van der Waals surface area contributed by atoms with Gasteiger partial charge in [-0.1, -0.05) is 23.7 Å². The van der Waals surface area contributed by atoms with Crippen LogP contribution in [0.5, 0.6) is 0 Å². The summed E-state index contributed by atoms with van der Waals surface area (Å²) in [6, 6.07) is 5.97. The normalized spacial score (nSPS) is 19.8. The number of anilines is 2. The summed E-state index contributed by atoms with van der Waals surface area (Å²) >= 11 is 6.15. The molecule has 4 rings (SSSR count). The van der Waals surface area contributed by atoms with Crippen LogP contribution in [0.15, 0.2) is 37.1 Å². The van der Waals surface area contributed by atoms with E-state index < -0.39 is 0 Å². The molecule has 3 heterocycles. The van der Waals surface area contributed by atoms with Crippen LogP contribution in [-0.4, -0.2) is 53.3 Å². The molecule has 2 N–H and O–H groups in total. The summed E-state index contributed by atoms with van der Waals surface area (Å²) in [5, 5.41) is 12.4. The van der Waals surface area contributed by atoms with Gasteiger partial charge in [0.25, 0.3) is 0 Å². The van der Waals surface area contributed by atoms with Crippen molar-refractivity contribution in [2.24, 2.45) is 11.8 Å². The quantitative estimate of drug-likeness (QED) is 0.237. The predicted octanol–water partition coefficient (Wildman–Crippen LogP) is 6.11. The molecular formula is C28H39ClN6. The van der Waals surface area contributed by atoms with Crippen LogP contribution in [0.2, 0.25) is 5.02 Å². The van der Waals surface area contributed by atoms with Crippen molar-refractivity contribution in [3.63, 3.8) is 0 Å². The van der Waals surface area contributed by atoms with E-state index >= 15 is 0 Å². The second kappa shape index (κ2) is 11.5. The Balaban J connectivity index is 1.41. The molecule has 0 radical (unpaired) electrons. The third-order valence-electron chi connectivity index (χ3n) is 7.49. The van der Waals surface area contributed by atoms with Crippen molar-refractivity contribution in [3.8, 4) is 0 Å². The Morgan fingerprint density at radius 3 is 2.83 bits per heavy atom. The van der Waals surface area contributed by atoms with E-state index in [1.807, 2.05) is 24.4 Å². The SMILES string of the molecule is C=CCCCN1CCCC(C2CN(c3cnc(C(C)=N)c(NC(C)c4ccc(Cl)cc4C)n3)C2)C1. The van der Waals surface area contributed by atoms with Crippen LogP contribution in [0.3, 0.4) is 0 Å². The number of aryl methyl sites for hydroxylation is 1. The molecule has 0 aliphatic carbocycles. The number of benzene rings is 1. The molecule has 2 unspecified atom stereocenters. The molecule has 2 atom stereocenters. The van der Waals surface area contributed by atoms with Gasteiger partial charge in [0, 0.05) is 24.7 Å². The Labute approximate surface area is 215 Å². The highest BCUT2D eigenvalue weighted by molar-refractivity contribution is 6.30. The molecule has 188 valence electrons. The molecule has 1 aromatic carbocycles. The number of allylic oxidation sites excluding steroid dienone is 1. The number of rotatable bonds is 10. The highest BCUT2D eigenvalue weighted by atomic mass is 35.5. The molecule has 35 heavy (non-hydrogen) atoms. The lowest BCUT2D eigenvalue weighted by Gasteiger charge is -2.47. The van der Waals surface area contributed by atoms with E-state index in [0.717, 1.165) is 53.3 Å². The zero-order valence-corrected chi connectivity index (χ0v) is 22.1. The van der Waals surface area contributed by atoms with E-state index in [9.17, 15) is 0 Å². The van der Waals surface area contributed by atoms with Crippen LogP contribution < -0.4 is 10.2 Å². The number of aromatic nitrogens is 2. The maximum Gasteiger partial charge on any atom is 0.156 e. The molecule has 2 fully saturated rings. The fourth-order valence-corrected chi connectivity index (χ4v) is 5.68. The Kier molecular flexibility index (Phi) is 8.45. The minimum absolute atomic E-state index is 0.0216. The third-order valence-corrected chi connectivity index (χ3v) is 7.73. The number of hydrogen-bond acceptors (Lipinski definition) is 6. The van der Waals surface area contributed by atoms with Gasteiger partial charge in [-0.3, -0.25) is 0 Å². The number of likely N-dealkylation sites (tertiary alicyclic amines) is 1. The van der Waals surface area contributed by atoms with Crippen molar-refractivity contribution in [2.75, 3.05) is 42.9 Å². The summed E-state index contributed by atoms with van der Waals surface area (Å²) in [7, 11) is 0. The van der Waals surface area contributed by atoms with E-state index in [1.165, 1.54) is 38.9 Å². The van der Waals surface area contributed by atoms with Crippen LogP contribution in [0, 0.1) is 24.2 Å². The molecule has 2 aliphatic rings. The lowest BCUT2D eigenvalue weighted by atomic mass is 9.80. The number of nitrogens with zero attached hydrogens (tertiary/aromatic N) is 4. The Morgan fingerprint density at radius 1 is 1.31 bits per heavy atom. The Bertz CT molecular complexity index is 1050. The molecule has 0 bridgehead atoms. The van der Waals surface area contributed by atoms with Gasteiger partial charge in [-0.2, -0.15) is 0 Å². The number of hydrogen-bond donors (Lipinski definition) is 2. The first kappa shape index (κ1) is 25.6. The van der Waals surface area contributed by atoms with Crippen molar-refractivity contribution in [1.82, 2.24) is 14.9 Å². The second-order valence-corrected chi connectivity index (χ2v) is 10.7. The van der Waals surface area contributed by atoms with Crippen LogP contribution in [0.4, 0.5) is 11.6 Å². The summed E-state index contributed by atoms with van der Waals surface area (Å²) in [6.07, 6.45) is 8.81. The molecular weight excluding hydrogens is 456 g/mol. The summed E-state index contributed by atoms with van der Waals surface area (Å²) in [5.41, 5.74) is 3.30. The van der Waals surface area contributed by atoms with Crippen LogP contribution in [0.1, 0.15) is 62.4 Å². The van der Waals surface area contributed by atoms with Gasteiger partial charge in [0.05, 0.1) is 18.0 Å². The molecule has 0 amide bonds. The topological polar surface area (TPSA) is 68.1 Å². The van der Waals surface area contributed by atoms with Crippen molar-refractivity contribution >= 4 is 28.9 Å². The summed E-state index contributed by atoms with van der Waals surface area (Å²) in [4.78, 5) is 14.5. The Morgan fingerprint density at radius 2 is 2.11 bits per heavy atom. The third kappa shape index (κ3) is 6.22. The second-order valence-electron chi connectivity index (χ2n) is 10.2. The van der Waals surface area contributed by atoms with E-state index in [-0.39, 0.29) is 6.04 Å². The van der Waals surface area contributed by atoms with Gasteiger partial charge in [-0.05, 0) is 94.6 Å². The van der Waals surface area contributed by atoms with E-state index in [2.05, 4.69) is 46.6 Å². The average molecular weight is 495 g/mol. The zero-order chi connectivity index (χ0) is 24.9. The first-order valence-corrected chi connectivity index (χ1v) is 13.3. The van der Waals surface area contributed by atoms with E-state index in [1.54, 1.807) is 6.92 Å². The van der Waals surface area contributed by atoms with Gasteiger partial charge < -0.3 is 20.5 Å². The lowest BCUT2D eigenvalue weighted by Crippen LogP contribution is -2.54. The fraction of sp³-hybridized carbons (Fsp3) is 0.536. The summed E-state index contributed by atoms with van der Waals surface area (Å²) in [6.45, 7) is 15.5. The van der Waals surface area contributed by atoms with Crippen molar-refractivity contribution in [2.45, 2.75) is 52.5 Å². The highest BCUT2D eigenvalue weighted by Crippen LogP contribution is 2.34. The number of unbranched alkanes of at least 4 members (excludes halogenated alkanes) is 1. The fourth-order valence-electron chi connectivity index (χ4n) is 5.45. The van der Waals surface area contributed by atoms with E-state index in [0.29, 0.717) is 17.2 Å². The first-order chi connectivity index (χ1) is 16.9. The van der Waals surface area contributed by atoms with Crippen molar-refractivity contribution in [3.05, 3.63) is 58.9 Å². The van der Waals surface area contributed by atoms with Gasteiger partial charge in [0.1, 0.15) is 11.5 Å². The van der Waals surface area contributed by atoms with Gasteiger partial charge >= 0.3 is 0 Å². The monoisotopic (exact) mass is 494 g/mol. The van der Waals surface area contributed by atoms with Crippen LogP contribution >= 0.6 is 11.6 Å². The molecule has 0 saturated carbocycles. The Hall–Kier alpha value is -2.44. The van der Waals surface area contributed by atoms with Gasteiger partial charge in [0.15, 0.2) is 5.82 Å².